The summed E-state index contributed by atoms with van der Waals surface area (Å²) in [4.78, 5) is 12.1. The molecule has 0 spiro atoms. The summed E-state index contributed by atoms with van der Waals surface area (Å²) < 4.78 is 6.04. The minimum atomic E-state index is -0.467. The van der Waals surface area contributed by atoms with Crippen LogP contribution in [0.25, 0.3) is 0 Å². The number of hydrogen-bond acceptors (Lipinski definition) is 4. The van der Waals surface area contributed by atoms with Crippen LogP contribution in [0.5, 0.6) is 5.75 Å². The molecule has 6 heteroatoms. The van der Waals surface area contributed by atoms with Crippen LogP contribution in [0.1, 0.15) is 44.1 Å². The normalized spacial score (nSPS) is 16.0. The summed E-state index contributed by atoms with van der Waals surface area (Å²) in [5.41, 5.74) is 7.77. The number of carbonyl (C=O) groups is 1. The number of nitrogens with two attached hydrogens (primary N) is 1. The SMILES string of the molecule is CSCC[C@H](N)C(=O)Nc1ccc(C)c(OCC2CCCCC2)c1.Cl. The van der Waals surface area contributed by atoms with Crippen molar-refractivity contribution >= 4 is 35.8 Å². The van der Waals surface area contributed by atoms with E-state index >= 15 is 0 Å². The topological polar surface area (TPSA) is 64.4 Å². The molecule has 0 aromatic heterocycles. The Bertz CT molecular complexity index is 536. The van der Waals surface area contributed by atoms with Crippen molar-refractivity contribution < 1.29 is 9.53 Å². The van der Waals surface area contributed by atoms with Gasteiger partial charge in [-0.05, 0) is 55.7 Å². The highest BCUT2D eigenvalue weighted by atomic mass is 35.5. The van der Waals surface area contributed by atoms with E-state index in [0.29, 0.717) is 12.3 Å². The molecule has 0 aliphatic heterocycles. The van der Waals surface area contributed by atoms with Crippen LogP contribution in [0.2, 0.25) is 0 Å². The molecule has 25 heavy (non-hydrogen) atoms. The lowest BCUT2D eigenvalue weighted by Gasteiger charge is -2.22. The van der Waals surface area contributed by atoms with Crippen LogP contribution < -0.4 is 15.8 Å². The maximum absolute atomic E-state index is 12.1. The second kappa shape index (κ2) is 11.7. The number of anilines is 1. The third kappa shape index (κ3) is 7.47. The van der Waals surface area contributed by atoms with Crippen LogP contribution in [-0.4, -0.2) is 30.6 Å². The van der Waals surface area contributed by atoms with E-state index in [1.54, 1.807) is 11.8 Å². The summed E-state index contributed by atoms with van der Waals surface area (Å²) in [6.07, 6.45) is 9.21. The van der Waals surface area contributed by atoms with E-state index in [9.17, 15) is 4.79 Å². The summed E-state index contributed by atoms with van der Waals surface area (Å²) in [6.45, 7) is 2.80. The van der Waals surface area contributed by atoms with Gasteiger partial charge in [-0.2, -0.15) is 11.8 Å². The number of hydrogen-bond donors (Lipinski definition) is 2. The molecule has 1 saturated carbocycles. The van der Waals surface area contributed by atoms with Crippen molar-refractivity contribution in [2.75, 3.05) is 23.9 Å². The third-order valence-corrected chi connectivity index (χ3v) is 5.27. The molecule has 1 amide bonds. The maximum atomic E-state index is 12.1. The average Bonchev–Trinajstić information content (AvgIpc) is 2.60. The molecule has 142 valence electrons. The van der Waals surface area contributed by atoms with Gasteiger partial charge in [0.1, 0.15) is 5.75 Å². The number of ether oxygens (including phenoxy) is 1. The van der Waals surface area contributed by atoms with Gasteiger partial charge in [0.05, 0.1) is 12.6 Å². The van der Waals surface area contributed by atoms with E-state index in [1.807, 2.05) is 31.4 Å². The van der Waals surface area contributed by atoms with Crippen LogP contribution in [0, 0.1) is 12.8 Å². The van der Waals surface area contributed by atoms with Crippen LogP contribution in [-0.2, 0) is 4.79 Å². The largest absolute Gasteiger partial charge is 0.493 e. The summed E-state index contributed by atoms with van der Waals surface area (Å²) in [6, 6.07) is 5.34. The highest BCUT2D eigenvalue weighted by molar-refractivity contribution is 7.98. The lowest BCUT2D eigenvalue weighted by molar-refractivity contribution is -0.117. The smallest absolute Gasteiger partial charge is 0.241 e. The molecular formula is C19H31ClN2O2S. The Morgan fingerprint density at radius 1 is 1.36 bits per heavy atom. The van der Waals surface area contributed by atoms with Crippen LogP contribution >= 0.6 is 24.2 Å². The van der Waals surface area contributed by atoms with Crippen molar-refractivity contribution in [3.8, 4) is 5.75 Å². The van der Waals surface area contributed by atoms with E-state index in [1.165, 1.54) is 32.1 Å². The van der Waals surface area contributed by atoms with Crippen LogP contribution in [0.4, 0.5) is 5.69 Å². The number of nitrogens with one attached hydrogen (secondary N) is 1. The molecule has 1 aromatic rings. The zero-order valence-corrected chi connectivity index (χ0v) is 16.9. The standard InChI is InChI=1S/C19H30N2O2S.ClH/c1-14-8-9-16(21-19(22)17(20)10-11-24-2)12-18(14)23-13-15-6-4-3-5-7-15;/h8-9,12,15,17H,3-7,10-11,13,20H2,1-2H3,(H,21,22);1H/t17-;/m0./s1. The average molecular weight is 387 g/mol. The fourth-order valence-corrected chi connectivity index (χ4v) is 3.50. The molecule has 0 bridgehead atoms. The first-order valence-electron chi connectivity index (χ1n) is 8.89. The van der Waals surface area contributed by atoms with Crippen molar-refractivity contribution in [2.45, 2.75) is 51.5 Å². The first-order chi connectivity index (χ1) is 11.6. The fourth-order valence-electron chi connectivity index (χ4n) is 3.01. The van der Waals surface area contributed by atoms with Gasteiger partial charge in [-0.3, -0.25) is 4.79 Å². The van der Waals surface area contributed by atoms with Gasteiger partial charge in [-0.1, -0.05) is 25.3 Å². The van der Waals surface area contributed by atoms with Crippen molar-refractivity contribution in [3.63, 3.8) is 0 Å². The van der Waals surface area contributed by atoms with E-state index in [4.69, 9.17) is 10.5 Å². The summed E-state index contributed by atoms with van der Waals surface area (Å²) >= 11 is 1.70. The number of carbonyl (C=O) groups excluding carboxylic acids is 1. The predicted molar refractivity (Wildman–Crippen MR) is 110 cm³/mol. The Labute approximate surface area is 162 Å². The minimum Gasteiger partial charge on any atom is -0.493 e. The molecule has 0 unspecified atom stereocenters. The Morgan fingerprint density at radius 3 is 2.76 bits per heavy atom. The molecule has 1 atom stereocenters. The minimum absolute atomic E-state index is 0. The summed E-state index contributed by atoms with van der Waals surface area (Å²) in [5, 5.41) is 2.90. The molecule has 4 nitrogen and oxygen atoms in total. The second-order valence-electron chi connectivity index (χ2n) is 6.67. The lowest BCUT2D eigenvalue weighted by atomic mass is 9.90. The number of rotatable bonds is 8. The molecule has 0 saturated heterocycles. The third-order valence-electron chi connectivity index (χ3n) is 4.62. The molecule has 0 radical (unpaired) electrons. The van der Waals surface area contributed by atoms with Gasteiger partial charge >= 0.3 is 0 Å². The number of amides is 1. The Kier molecular flexibility index (Phi) is 10.3. The van der Waals surface area contributed by atoms with Crippen molar-refractivity contribution in [2.24, 2.45) is 11.7 Å². The maximum Gasteiger partial charge on any atom is 0.241 e. The van der Waals surface area contributed by atoms with E-state index in [-0.39, 0.29) is 18.3 Å². The zero-order chi connectivity index (χ0) is 17.4. The van der Waals surface area contributed by atoms with Crippen molar-refractivity contribution in [1.82, 2.24) is 0 Å². The van der Waals surface area contributed by atoms with Gasteiger partial charge in [-0.15, -0.1) is 12.4 Å². The summed E-state index contributed by atoms with van der Waals surface area (Å²) in [7, 11) is 0. The highest BCUT2D eigenvalue weighted by Gasteiger charge is 2.16. The van der Waals surface area contributed by atoms with Gasteiger partial charge in [0.2, 0.25) is 5.91 Å². The molecule has 2 rings (SSSR count). The molecule has 1 aromatic carbocycles. The summed E-state index contributed by atoms with van der Waals surface area (Å²) in [5.74, 6) is 2.27. The monoisotopic (exact) mass is 386 g/mol. The van der Waals surface area contributed by atoms with Gasteiger partial charge in [0.25, 0.3) is 0 Å². The molecule has 0 heterocycles. The van der Waals surface area contributed by atoms with Crippen LogP contribution in [0.3, 0.4) is 0 Å². The Balaban J connectivity index is 0.00000312. The van der Waals surface area contributed by atoms with E-state index < -0.39 is 6.04 Å². The van der Waals surface area contributed by atoms with Crippen molar-refractivity contribution in [3.05, 3.63) is 23.8 Å². The van der Waals surface area contributed by atoms with Gasteiger partial charge in [0.15, 0.2) is 0 Å². The van der Waals surface area contributed by atoms with E-state index in [2.05, 4.69) is 5.32 Å². The molecule has 1 aliphatic rings. The molecular weight excluding hydrogens is 356 g/mol. The van der Waals surface area contributed by atoms with Gasteiger partial charge in [0, 0.05) is 11.8 Å². The number of thioether (sulfide) groups is 1. The first-order valence-corrected chi connectivity index (χ1v) is 10.3. The molecule has 3 N–H and O–H groups in total. The first kappa shape index (κ1) is 22.1. The van der Waals surface area contributed by atoms with Gasteiger partial charge in [-0.25, -0.2) is 0 Å². The number of aryl methyl sites for hydroxylation is 1. The fraction of sp³-hybridized carbons (Fsp3) is 0.632. The van der Waals surface area contributed by atoms with E-state index in [0.717, 1.165) is 29.4 Å². The predicted octanol–water partition coefficient (Wildman–Crippen LogP) is 4.39. The van der Waals surface area contributed by atoms with Crippen molar-refractivity contribution in [1.29, 1.82) is 0 Å². The quantitative estimate of drug-likeness (QED) is 0.695. The van der Waals surface area contributed by atoms with Gasteiger partial charge < -0.3 is 15.8 Å². The van der Waals surface area contributed by atoms with Crippen LogP contribution in [0.15, 0.2) is 18.2 Å². The zero-order valence-electron chi connectivity index (χ0n) is 15.3. The molecule has 1 fully saturated rings. The molecule has 1 aliphatic carbocycles. The number of halogens is 1. The highest BCUT2D eigenvalue weighted by Crippen LogP contribution is 2.27. The number of benzene rings is 1. The second-order valence-corrected chi connectivity index (χ2v) is 7.66. The lowest BCUT2D eigenvalue weighted by Crippen LogP contribution is -2.36. The Hall–Kier alpha value is -0.910. The Morgan fingerprint density at radius 2 is 2.08 bits per heavy atom.